The number of nitrogens with one attached hydrogen (secondary N) is 2. The first-order valence-electron chi connectivity index (χ1n) is 9.46. The summed E-state index contributed by atoms with van der Waals surface area (Å²) in [7, 11) is 1.90. The van der Waals surface area contributed by atoms with Crippen molar-refractivity contribution in [2.75, 3.05) is 7.05 Å². The molecule has 3 aromatic rings. The Labute approximate surface area is 177 Å². The van der Waals surface area contributed by atoms with E-state index in [0.717, 1.165) is 11.1 Å². The zero-order valence-corrected chi connectivity index (χ0v) is 17.7. The maximum Gasteiger partial charge on any atom is 0.251 e. The molecule has 1 aromatic heterocycles. The minimum absolute atomic E-state index is 0. The van der Waals surface area contributed by atoms with Crippen molar-refractivity contribution in [2.24, 2.45) is 0 Å². The Morgan fingerprint density at radius 3 is 2.41 bits per heavy atom. The van der Waals surface area contributed by atoms with E-state index in [1.807, 2.05) is 68.6 Å². The zero-order chi connectivity index (χ0) is 19.9. The van der Waals surface area contributed by atoms with Gasteiger partial charge in [-0.3, -0.25) is 4.79 Å². The molecule has 154 valence electrons. The lowest BCUT2D eigenvalue weighted by molar-refractivity contribution is 0.0935. The van der Waals surface area contributed by atoms with Gasteiger partial charge in [-0.1, -0.05) is 53.2 Å². The van der Waals surface area contributed by atoms with Crippen molar-refractivity contribution in [3.63, 3.8) is 0 Å². The summed E-state index contributed by atoms with van der Waals surface area (Å²) in [5.74, 6) is 1.04. The van der Waals surface area contributed by atoms with Gasteiger partial charge in [-0.25, -0.2) is 0 Å². The summed E-state index contributed by atoms with van der Waals surface area (Å²) in [5, 5.41) is 10.3. The number of amides is 1. The van der Waals surface area contributed by atoms with Gasteiger partial charge in [0.05, 0.1) is 12.5 Å². The maximum atomic E-state index is 12.7. The van der Waals surface area contributed by atoms with Crippen LogP contribution in [0.1, 0.15) is 46.2 Å². The highest BCUT2D eigenvalue weighted by atomic mass is 35.5. The van der Waals surface area contributed by atoms with Crippen LogP contribution in [0.25, 0.3) is 0 Å². The molecule has 0 aliphatic carbocycles. The van der Waals surface area contributed by atoms with E-state index in [1.54, 1.807) is 0 Å². The predicted octanol–water partition coefficient (Wildman–Crippen LogP) is 3.66. The van der Waals surface area contributed by atoms with Crippen molar-refractivity contribution < 1.29 is 9.32 Å². The van der Waals surface area contributed by atoms with Gasteiger partial charge in [0.15, 0.2) is 5.82 Å². The van der Waals surface area contributed by atoms with Gasteiger partial charge >= 0.3 is 0 Å². The quantitative estimate of drug-likeness (QED) is 0.588. The summed E-state index contributed by atoms with van der Waals surface area (Å²) in [6, 6.07) is 17.4. The van der Waals surface area contributed by atoms with Crippen LogP contribution >= 0.6 is 12.4 Å². The average molecular weight is 415 g/mol. The summed E-state index contributed by atoms with van der Waals surface area (Å²) in [6.45, 7) is 4.06. The summed E-state index contributed by atoms with van der Waals surface area (Å²) in [6.07, 6.45) is 1.12. The van der Waals surface area contributed by atoms with Crippen LogP contribution in [0.4, 0.5) is 0 Å². The fourth-order valence-electron chi connectivity index (χ4n) is 2.89. The van der Waals surface area contributed by atoms with E-state index in [0.29, 0.717) is 30.1 Å². The molecule has 0 aliphatic heterocycles. The molecular weight excluding hydrogens is 388 g/mol. The van der Waals surface area contributed by atoms with E-state index in [-0.39, 0.29) is 30.4 Å². The number of likely N-dealkylation sites (N-methyl/N-ethyl adjacent to an activating group) is 1. The molecular formula is C22H27ClN4O2. The Balaban J connectivity index is 0.00000300. The van der Waals surface area contributed by atoms with E-state index in [9.17, 15) is 4.79 Å². The van der Waals surface area contributed by atoms with Gasteiger partial charge in [-0.15, -0.1) is 12.4 Å². The SMILES string of the molecule is CNC(C)Cc1noc(CC(NC(=O)c2ccc(C)cc2)c2ccccc2)n1.Cl. The first-order chi connectivity index (χ1) is 13.5. The fraction of sp³-hybridized carbons (Fsp3) is 0.318. The van der Waals surface area contributed by atoms with Gasteiger partial charge in [0, 0.05) is 18.0 Å². The third-order valence-electron chi connectivity index (χ3n) is 4.69. The number of carbonyl (C=O) groups is 1. The molecule has 0 spiro atoms. The average Bonchev–Trinajstić information content (AvgIpc) is 3.15. The van der Waals surface area contributed by atoms with Gasteiger partial charge in [0.1, 0.15) is 0 Å². The number of hydrogen-bond donors (Lipinski definition) is 2. The molecule has 0 saturated heterocycles. The monoisotopic (exact) mass is 414 g/mol. The van der Waals surface area contributed by atoms with Gasteiger partial charge in [0.2, 0.25) is 5.89 Å². The summed E-state index contributed by atoms with van der Waals surface area (Å²) in [4.78, 5) is 17.2. The van der Waals surface area contributed by atoms with Gasteiger partial charge in [0.25, 0.3) is 5.91 Å². The summed E-state index contributed by atoms with van der Waals surface area (Å²) < 4.78 is 5.42. The Bertz CT molecular complexity index is 897. The molecule has 7 heteroatoms. The number of carbonyl (C=O) groups excluding carboxylic acids is 1. The van der Waals surface area contributed by atoms with Crippen LogP contribution in [0.5, 0.6) is 0 Å². The van der Waals surface area contributed by atoms with Crippen LogP contribution in [-0.2, 0) is 12.8 Å². The molecule has 2 unspecified atom stereocenters. The second-order valence-electron chi connectivity index (χ2n) is 7.01. The Morgan fingerprint density at radius 2 is 1.76 bits per heavy atom. The normalized spacial score (nSPS) is 12.7. The Hall–Kier alpha value is -2.70. The number of nitrogens with zero attached hydrogens (tertiary/aromatic N) is 2. The number of rotatable bonds is 8. The molecule has 0 radical (unpaired) electrons. The summed E-state index contributed by atoms with van der Waals surface area (Å²) in [5.41, 5.74) is 2.73. The maximum absolute atomic E-state index is 12.7. The summed E-state index contributed by atoms with van der Waals surface area (Å²) >= 11 is 0. The molecule has 0 saturated carbocycles. The van der Waals surface area contributed by atoms with Crippen molar-refractivity contribution in [2.45, 2.75) is 38.8 Å². The molecule has 0 bridgehead atoms. The van der Waals surface area contributed by atoms with E-state index in [1.165, 1.54) is 0 Å². The Morgan fingerprint density at radius 1 is 1.07 bits per heavy atom. The van der Waals surface area contributed by atoms with E-state index < -0.39 is 0 Å². The second-order valence-corrected chi connectivity index (χ2v) is 7.01. The lowest BCUT2D eigenvalue weighted by atomic mass is 10.0. The largest absolute Gasteiger partial charge is 0.345 e. The number of halogens is 1. The molecule has 1 heterocycles. The molecule has 6 nitrogen and oxygen atoms in total. The second kappa shape index (κ2) is 10.7. The van der Waals surface area contributed by atoms with Crippen LogP contribution in [0.2, 0.25) is 0 Å². The van der Waals surface area contributed by atoms with Crippen LogP contribution in [0.3, 0.4) is 0 Å². The standard InChI is InChI=1S/C22H26N4O2.ClH/c1-15-9-11-18(12-10-15)22(27)24-19(17-7-5-4-6-8-17)14-21-25-20(26-28-21)13-16(2)23-3;/h4-12,16,19,23H,13-14H2,1-3H3,(H,24,27);1H. The third-order valence-corrected chi connectivity index (χ3v) is 4.69. The lowest BCUT2D eigenvalue weighted by Gasteiger charge is -2.18. The number of benzene rings is 2. The van der Waals surface area contributed by atoms with Crippen LogP contribution in [-0.4, -0.2) is 29.1 Å². The molecule has 2 N–H and O–H groups in total. The van der Waals surface area contributed by atoms with Gasteiger partial charge < -0.3 is 15.2 Å². The van der Waals surface area contributed by atoms with Crippen LogP contribution < -0.4 is 10.6 Å². The van der Waals surface area contributed by atoms with Crippen molar-refractivity contribution in [3.8, 4) is 0 Å². The first-order valence-corrected chi connectivity index (χ1v) is 9.46. The lowest BCUT2D eigenvalue weighted by Crippen LogP contribution is -2.30. The van der Waals surface area contributed by atoms with Crippen molar-refractivity contribution in [1.29, 1.82) is 0 Å². The highest BCUT2D eigenvalue weighted by Gasteiger charge is 2.20. The molecule has 1 amide bonds. The molecule has 2 aromatic carbocycles. The smallest absolute Gasteiger partial charge is 0.251 e. The van der Waals surface area contributed by atoms with Crippen molar-refractivity contribution in [1.82, 2.24) is 20.8 Å². The Kier molecular flexibility index (Phi) is 8.36. The molecule has 0 fully saturated rings. The van der Waals surface area contributed by atoms with E-state index in [4.69, 9.17) is 4.52 Å². The van der Waals surface area contributed by atoms with Gasteiger partial charge in [-0.2, -0.15) is 4.98 Å². The first kappa shape index (κ1) is 22.6. The van der Waals surface area contributed by atoms with Crippen molar-refractivity contribution >= 4 is 18.3 Å². The molecule has 2 atom stereocenters. The van der Waals surface area contributed by atoms with Gasteiger partial charge in [-0.05, 0) is 38.6 Å². The third kappa shape index (κ3) is 6.41. The van der Waals surface area contributed by atoms with E-state index >= 15 is 0 Å². The number of aryl methyl sites for hydroxylation is 1. The topological polar surface area (TPSA) is 80.0 Å². The highest BCUT2D eigenvalue weighted by Crippen LogP contribution is 2.19. The minimum Gasteiger partial charge on any atom is -0.345 e. The van der Waals surface area contributed by atoms with E-state index in [2.05, 4.69) is 27.7 Å². The van der Waals surface area contributed by atoms with Crippen LogP contribution in [0, 0.1) is 6.92 Å². The highest BCUT2D eigenvalue weighted by molar-refractivity contribution is 5.94. The number of hydrogen-bond acceptors (Lipinski definition) is 5. The number of aromatic nitrogens is 2. The van der Waals surface area contributed by atoms with Crippen LogP contribution in [0.15, 0.2) is 59.1 Å². The zero-order valence-electron chi connectivity index (χ0n) is 16.9. The molecule has 0 aliphatic rings. The van der Waals surface area contributed by atoms with Crippen molar-refractivity contribution in [3.05, 3.63) is 83.0 Å². The molecule has 3 rings (SSSR count). The predicted molar refractivity (Wildman–Crippen MR) is 115 cm³/mol. The fourth-order valence-corrected chi connectivity index (χ4v) is 2.89. The molecule has 29 heavy (non-hydrogen) atoms. The minimum atomic E-state index is -0.259.